The molecular weight excluding hydrogens is 318 g/mol. The highest BCUT2D eigenvalue weighted by molar-refractivity contribution is 5.75. The van der Waals surface area contributed by atoms with E-state index < -0.39 is 0 Å². The van der Waals surface area contributed by atoms with E-state index in [1.807, 2.05) is 13.0 Å². The van der Waals surface area contributed by atoms with Gasteiger partial charge < -0.3 is 20.9 Å². The molecule has 0 saturated heterocycles. The average molecular weight is 347 g/mol. The van der Waals surface area contributed by atoms with Crippen molar-refractivity contribution in [3.05, 3.63) is 29.3 Å². The number of guanidine groups is 1. The Hall–Kier alpha value is -2.24. The number of fused-ring (bicyclic) bond motifs is 1. The summed E-state index contributed by atoms with van der Waals surface area (Å²) in [6.07, 6.45) is 5.27. The Morgan fingerprint density at radius 2 is 2.12 bits per heavy atom. The minimum absolute atomic E-state index is 0.0865. The van der Waals surface area contributed by atoms with Gasteiger partial charge in [0.15, 0.2) is 5.96 Å². The normalized spacial score (nSPS) is 16.0. The predicted octanol–water partition coefficient (Wildman–Crippen LogP) is 2.18. The molecule has 1 aliphatic rings. The molecule has 0 spiro atoms. The number of carbonyl (C=O) groups is 1. The summed E-state index contributed by atoms with van der Waals surface area (Å²) >= 11 is 0. The van der Waals surface area contributed by atoms with Gasteiger partial charge in [-0.25, -0.2) is 0 Å². The molecule has 0 aromatic heterocycles. The quantitative estimate of drug-likeness (QED) is 0.309. The summed E-state index contributed by atoms with van der Waals surface area (Å²) in [6, 6.07) is 6.27. The second-order valence-electron chi connectivity index (χ2n) is 6.41. The van der Waals surface area contributed by atoms with E-state index in [0.717, 1.165) is 37.9 Å². The van der Waals surface area contributed by atoms with E-state index in [1.165, 1.54) is 11.1 Å². The SMILES string of the molecule is CCOC(=O)CC1CCc2cc(OCCCCN=C(N)N)ccc2C1. The lowest BCUT2D eigenvalue weighted by molar-refractivity contribution is -0.144. The highest BCUT2D eigenvalue weighted by Crippen LogP contribution is 2.30. The van der Waals surface area contributed by atoms with Crippen LogP contribution in [0.4, 0.5) is 0 Å². The molecule has 25 heavy (non-hydrogen) atoms. The number of benzene rings is 1. The topological polar surface area (TPSA) is 99.9 Å². The Kier molecular flexibility index (Phi) is 7.57. The van der Waals surface area contributed by atoms with Gasteiger partial charge in [-0.2, -0.15) is 0 Å². The minimum atomic E-state index is -0.0865. The molecule has 0 saturated carbocycles. The van der Waals surface area contributed by atoms with Crippen molar-refractivity contribution < 1.29 is 14.3 Å². The molecule has 0 fully saturated rings. The maximum atomic E-state index is 11.6. The number of nitrogens with zero attached hydrogens (tertiary/aromatic N) is 1. The molecule has 138 valence electrons. The van der Waals surface area contributed by atoms with E-state index in [1.54, 1.807) is 0 Å². The molecule has 0 bridgehead atoms. The van der Waals surface area contributed by atoms with E-state index in [9.17, 15) is 4.79 Å². The van der Waals surface area contributed by atoms with Crippen LogP contribution in [0.15, 0.2) is 23.2 Å². The van der Waals surface area contributed by atoms with Gasteiger partial charge in [0.25, 0.3) is 0 Å². The molecule has 6 nitrogen and oxygen atoms in total. The van der Waals surface area contributed by atoms with Crippen molar-refractivity contribution in [2.45, 2.75) is 45.4 Å². The fraction of sp³-hybridized carbons (Fsp3) is 0.579. The van der Waals surface area contributed by atoms with Gasteiger partial charge in [-0.3, -0.25) is 9.79 Å². The minimum Gasteiger partial charge on any atom is -0.494 e. The summed E-state index contributed by atoms with van der Waals surface area (Å²) in [5.41, 5.74) is 13.2. The molecule has 0 aliphatic heterocycles. The van der Waals surface area contributed by atoms with Gasteiger partial charge in [0.05, 0.1) is 13.2 Å². The van der Waals surface area contributed by atoms with Crippen LogP contribution >= 0.6 is 0 Å². The Bertz CT molecular complexity index is 598. The number of carbonyl (C=O) groups excluding carboxylic acids is 1. The first kappa shape index (κ1) is 19.1. The van der Waals surface area contributed by atoms with Gasteiger partial charge in [-0.05, 0) is 68.2 Å². The Balaban J connectivity index is 1.77. The van der Waals surface area contributed by atoms with Crippen molar-refractivity contribution in [3.63, 3.8) is 0 Å². The lowest BCUT2D eigenvalue weighted by Gasteiger charge is -2.24. The first-order valence-corrected chi connectivity index (χ1v) is 9.04. The Labute approximate surface area is 149 Å². The number of hydrogen-bond donors (Lipinski definition) is 2. The van der Waals surface area contributed by atoms with Crippen LogP contribution < -0.4 is 16.2 Å². The van der Waals surface area contributed by atoms with Crippen LogP contribution in [-0.2, 0) is 22.4 Å². The predicted molar refractivity (Wildman–Crippen MR) is 98.6 cm³/mol. The van der Waals surface area contributed by atoms with E-state index in [4.69, 9.17) is 20.9 Å². The molecule has 0 radical (unpaired) electrons. The molecule has 0 amide bonds. The van der Waals surface area contributed by atoms with Crippen LogP contribution in [-0.4, -0.2) is 31.7 Å². The molecule has 0 heterocycles. The zero-order chi connectivity index (χ0) is 18.1. The lowest BCUT2D eigenvalue weighted by Crippen LogP contribution is -2.23. The van der Waals surface area contributed by atoms with Gasteiger partial charge in [0, 0.05) is 13.0 Å². The van der Waals surface area contributed by atoms with Crippen LogP contribution in [0.2, 0.25) is 0 Å². The highest BCUT2D eigenvalue weighted by Gasteiger charge is 2.22. The van der Waals surface area contributed by atoms with Crippen molar-refractivity contribution in [1.29, 1.82) is 0 Å². The molecule has 1 atom stereocenters. The number of aliphatic imine (C=N–C) groups is 1. The largest absolute Gasteiger partial charge is 0.494 e. The van der Waals surface area contributed by atoms with Crippen molar-refractivity contribution in [3.8, 4) is 5.75 Å². The molecule has 1 aliphatic carbocycles. The smallest absolute Gasteiger partial charge is 0.306 e. The van der Waals surface area contributed by atoms with E-state index >= 15 is 0 Å². The third kappa shape index (κ3) is 6.64. The number of rotatable bonds is 9. The van der Waals surface area contributed by atoms with E-state index in [2.05, 4.69) is 17.1 Å². The summed E-state index contributed by atoms with van der Waals surface area (Å²) < 4.78 is 10.9. The van der Waals surface area contributed by atoms with Crippen LogP contribution in [0.1, 0.15) is 43.7 Å². The zero-order valence-electron chi connectivity index (χ0n) is 15.0. The first-order valence-electron chi connectivity index (χ1n) is 9.04. The monoisotopic (exact) mass is 347 g/mol. The van der Waals surface area contributed by atoms with Gasteiger partial charge >= 0.3 is 5.97 Å². The number of ether oxygens (including phenoxy) is 2. The summed E-state index contributed by atoms with van der Waals surface area (Å²) in [5.74, 6) is 1.34. The molecule has 4 N–H and O–H groups in total. The molecule has 2 rings (SSSR count). The third-order valence-electron chi connectivity index (χ3n) is 4.38. The second kappa shape index (κ2) is 9.91. The van der Waals surface area contributed by atoms with Crippen molar-refractivity contribution in [2.24, 2.45) is 22.4 Å². The standard InChI is InChI=1S/C19H29N3O3/c1-2-24-18(23)12-14-5-6-16-13-17(8-7-15(16)11-14)25-10-4-3-9-22-19(20)21/h7-8,13-14H,2-6,9-12H2,1H3,(H4,20,21,22). The van der Waals surface area contributed by atoms with Gasteiger partial charge in [0.2, 0.25) is 0 Å². The number of aryl methyl sites for hydroxylation is 1. The van der Waals surface area contributed by atoms with Crippen LogP contribution in [0.25, 0.3) is 0 Å². The number of hydrogen-bond acceptors (Lipinski definition) is 4. The third-order valence-corrected chi connectivity index (χ3v) is 4.38. The van der Waals surface area contributed by atoms with Crippen LogP contribution in [0, 0.1) is 5.92 Å². The van der Waals surface area contributed by atoms with Gasteiger partial charge in [0.1, 0.15) is 5.75 Å². The molecule has 6 heteroatoms. The van der Waals surface area contributed by atoms with Crippen molar-refractivity contribution in [2.75, 3.05) is 19.8 Å². The van der Waals surface area contributed by atoms with Crippen LogP contribution in [0.5, 0.6) is 5.75 Å². The van der Waals surface area contributed by atoms with E-state index in [0.29, 0.717) is 32.1 Å². The number of nitrogens with two attached hydrogens (primary N) is 2. The fourth-order valence-electron chi connectivity index (χ4n) is 3.14. The van der Waals surface area contributed by atoms with E-state index in [-0.39, 0.29) is 11.9 Å². The van der Waals surface area contributed by atoms with Crippen LogP contribution in [0.3, 0.4) is 0 Å². The Morgan fingerprint density at radius 3 is 2.88 bits per heavy atom. The lowest BCUT2D eigenvalue weighted by atomic mass is 9.82. The van der Waals surface area contributed by atoms with Crippen molar-refractivity contribution in [1.82, 2.24) is 0 Å². The summed E-state index contributed by atoms with van der Waals surface area (Å²) in [6.45, 7) is 3.59. The fourth-order valence-corrected chi connectivity index (χ4v) is 3.14. The first-order chi connectivity index (χ1) is 12.1. The molecule has 1 unspecified atom stereocenters. The number of unbranched alkanes of at least 4 members (excludes halogenated alkanes) is 1. The summed E-state index contributed by atoms with van der Waals surface area (Å²) in [5, 5.41) is 0. The number of esters is 1. The van der Waals surface area contributed by atoms with Gasteiger partial charge in [-0.15, -0.1) is 0 Å². The zero-order valence-corrected chi connectivity index (χ0v) is 15.0. The molecule has 1 aromatic carbocycles. The summed E-state index contributed by atoms with van der Waals surface area (Å²) in [7, 11) is 0. The van der Waals surface area contributed by atoms with Crippen molar-refractivity contribution >= 4 is 11.9 Å². The Morgan fingerprint density at radius 1 is 1.28 bits per heavy atom. The second-order valence-corrected chi connectivity index (χ2v) is 6.41. The maximum absolute atomic E-state index is 11.6. The molecular formula is C19H29N3O3. The average Bonchev–Trinajstić information content (AvgIpc) is 2.58. The summed E-state index contributed by atoms with van der Waals surface area (Å²) in [4.78, 5) is 15.6. The molecule has 1 aromatic rings. The van der Waals surface area contributed by atoms with Gasteiger partial charge in [-0.1, -0.05) is 6.07 Å². The highest BCUT2D eigenvalue weighted by atomic mass is 16.5. The maximum Gasteiger partial charge on any atom is 0.306 e.